The number of para-hydroxylation sites is 1. The molecule has 0 aliphatic carbocycles. The second-order valence-corrected chi connectivity index (χ2v) is 10.1. The van der Waals surface area contributed by atoms with Crippen molar-refractivity contribution in [3.63, 3.8) is 0 Å². The zero-order valence-corrected chi connectivity index (χ0v) is 19.5. The molecule has 5 atom stereocenters. The van der Waals surface area contributed by atoms with E-state index in [1.807, 2.05) is 25.1 Å². The van der Waals surface area contributed by atoms with E-state index in [-0.39, 0.29) is 35.0 Å². The molecule has 0 amide bonds. The number of carbonyl (C=O) groups is 2. The minimum absolute atomic E-state index is 0.0308. The van der Waals surface area contributed by atoms with Crippen LogP contribution in [-0.2, 0) is 14.9 Å². The summed E-state index contributed by atoms with van der Waals surface area (Å²) in [5.41, 5.74) is 2.14. The minimum atomic E-state index is -1.21. The maximum Gasteiger partial charge on any atom is 0.339 e. The quantitative estimate of drug-likeness (QED) is 0.507. The van der Waals surface area contributed by atoms with Crippen LogP contribution in [0, 0.1) is 5.92 Å². The molecule has 1 spiro atoms. The number of rotatable bonds is 2. The minimum Gasteiger partial charge on any atom is -0.504 e. The number of carbonyl (C=O) groups excluding carboxylic acids is 1. The van der Waals surface area contributed by atoms with E-state index in [9.17, 15) is 19.8 Å². The smallest absolute Gasteiger partial charge is 0.339 e. The number of piperidine rings is 3. The van der Waals surface area contributed by atoms with Crippen molar-refractivity contribution in [3.05, 3.63) is 64.7 Å². The average Bonchev–Trinajstić information content (AvgIpc) is 3.31. The fourth-order valence-corrected chi connectivity index (χ4v) is 7.92. The van der Waals surface area contributed by atoms with Gasteiger partial charge in [-0.3, -0.25) is 4.90 Å². The first kappa shape index (κ1) is 20.8. The van der Waals surface area contributed by atoms with E-state index >= 15 is 0 Å². The standard InChI is InChI=1S/C27H26N2O6/c1-3-14-13-28-11-10-26-17-6-4-5-7-19(17)29-21(25(33)34-2)16(14)12-20(28)27(26,29)35-23-18(26)9-8-15(22(23)30)24(31)32/h3-9,16,20-21,30H,10-13H2,1-2H3,(H,31,32)/b14-3-/t16-,20-,21-,26+,27-/m0/s1. The summed E-state index contributed by atoms with van der Waals surface area (Å²) in [6.45, 7) is 3.59. The van der Waals surface area contributed by atoms with Gasteiger partial charge in [0.2, 0.25) is 5.72 Å². The summed E-state index contributed by atoms with van der Waals surface area (Å²) in [6.07, 6.45) is 3.55. The van der Waals surface area contributed by atoms with Crippen LogP contribution in [0.15, 0.2) is 48.0 Å². The van der Waals surface area contributed by atoms with Crippen molar-refractivity contribution < 1.29 is 29.3 Å². The van der Waals surface area contributed by atoms with Crippen LogP contribution in [0.2, 0.25) is 0 Å². The summed E-state index contributed by atoms with van der Waals surface area (Å²) < 4.78 is 12.2. The Morgan fingerprint density at radius 3 is 2.74 bits per heavy atom. The Morgan fingerprint density at radius 1 is 1.20 bits per heavy atom. The first-order valence-corrected chi connectivity index (χ1v) is 12.0. The van der Waals surface area contributed by atoms with Crippen LogP contribution in [0.1, 0.15) is 41.3 Å². The predicted octanol–water partition coefficient (Wildman–Crippen LogP) is 2.88. The number of carboxylic acids is 1. The van der Waals surface area contributed by atoms with Gasteiger partial charge in [-0.1, -0.05) is 35.9 Å². The van der Waals surface area contributed by atoms with Crippen LogP contribution >= 0.6 is 0 Å². The lowest BCUT2D eigenvalue weighted by Gasteiger charge is -2.64. The number of esters is 1. The molecule has 3 saturated heterocycles. The topological polar surface area (TPSA) is 99.5 Å². The summed E-state index contributed by atoms with van der Waals surface area (Å²) >= 11 is 0. The summed E-state index contributed by atoms with van der Waals surface area (Å²) in [5, 5.41) is 20.7. The highest BCUT2D eigenvalue weighted by Gasteiger charge is 2.79. The van der Waals surface area contributed by atoms with Gasteiger partial charge in [-0.25, -0.2) is 9.59 Å². The highest BCUT2D eigenvalue weighted by Crippen LogP contribution is 2.71. The van der Waals surface area contributed by atoms with Gasteiger partial charge in [0.1, 0.15) is 11.6 Å². The number of anilines is 1. The molecule has 8 heteroatoms. The molecule has 2 aromatic carbocycles. The number of allylic oxidation sites excluding steroid dienone is 1. The Kier molecular flexibility index (Phi) is 3.91. The van der Waals surface area contributed by atoms with Gasteiger partial charge in [-0.05, 0) is 37.5 Å². The van der Waals surface area contributed by atoms with Crippen molar-refractivity contribution in [1.82, 2.24) is 4.90 Å². The number of aromatic carboxylic acids is 1. The average molecular weight is 475 g/mol. The molecule has 0 unspecified atom stereocenters. The fraction of sp³-hybridized carbons (Fsp3) is 0.407. The van der Waals surface area contributed by atoms with E-state index in [1.165, 1.54) is 18.7 Å². The van der Waals surface area contributed by atoms with Gasteiger partial charge < -0.3 is 24.6 Å². The van der Waals surface area contributed by atoms with Crippen LogP contribution in [0.5, 0.6) is 11.5 Å². The Labute approximate surface area is 202 Å². The Morgan fingerprint density at radius 2 is 2.00 bits per heavy atom. The number of phenols is 1. The van der Waals surface area contributed by atoms with E-state index in [4.69, 9.17) is 9.47 Å². The van der Waals surface area contributed by atoms with Gasteiger partial charge >= 0.3 is 11.9 Å². The SMILES string of the molecule is C/C=C1/CN2CC[C@]34c5ccccc5N5[C@H](C(=O)OC)[C@H]1C[C@H]2[C@@]53Oc1c4ccc(C(=O)O)c1O. The Balaban J connectivity index is 1.58. The molecule has 5 heterocycles. The van der Waals surface area contributed by atoms with Crippen molar-refractivity contribution in [1.29, 1.82) is 0 Å². The summed E-state index contributed by atoms with van der Waals surface area (Å²) in [4.78, 5) is 29.8. The number of hydrogen-bond acceptors (Lipinski definition) is 7. The highest BCUT2D eigenvalue weighted by molar-refractivity contribution is 5.94. The number of carboxylic acid groups (broad SMARTS) is 1. The third-order valence-corrected chi connectivity index (χ3v) is 9.15. The van der Waals surface area contributed by atoms with E-state index in [1.54, 1.807) is 6.07 Å². The van der Waals surface area contributed by atoms with Crippen LogP contribution in [0.25, 0.3) is 0 Å². The maximum absolute atomic E-state index is 13.5. The first-order chi connectivity index (χ1) is 16.9. The molecule has 0 saturated carbocycles. The largest absolute Gasteiger partial charge is 0.504 e. The normalized spacial score (nSPS) is 34.6. The number of nitrogens with zero attached hydrogens (tertiary/aromatic N) is 2. The van der Waals surface area contributed by atoms with Gasteiger partial charge in [-0.15, -0.1) is 0 Å². The summed E-state index contributed by atoms with van der Waals surface area (Å²) in [6, 6.07) is 10.7. The number of ether oxygens (including phenoxy) is 2. The highest BCUT2D eigenvalue weighted by atomic mass is 16.5. The molecule has 2 bridgehead atoms. The summed E-state index contributed by atoms with van der Waals surface area (Å²) in [7, 11) is 1.42. The molecule has 0 radical (unpaired) electrons. The Hall–Kier alpha value is -3.52. The van der Waals surface area contributed by atoms with E-state index in [0.29, 0.717) is 12.8 Å². The summed E-state index contributed by atoms with van der Waals surface area (Å²) in [5.74, 6) is -1.70. The number of aromatic hydroxyl groups is 1. The zero-order valence-electron chi connectivity index (χ0n) is 19.5. The molecular weight excluding hydrogens is 448 g/mol. The number of hydrogen-bond donors (Lipinski definition) is 2. The molecular formula is C27H26N2O6. The van der Waals surface area contributed by atoms with Gasteiger partial charge in [0.05, 0.1) is 18.6 Å². The lowest BCUT2D eigenvalue weighted by Crippen LogP contribution is -2.81. The van der Waals surface area contributed by atoms with Crippen LogP contribution in [0.3, 0.4) is 0 Å². The number of methoxy groups -OCH3 is 1. The van der Waals surface area contributed by atoms with Gasteiger partial charge in [-0.2, -0.15) is 0 Å². The lowest BCUT2D eigenvalue weighted by molar-refractivity contribution is -0.156. The van der Waals surface area contributed by atoms with Crippen LogP contribution in [-0.4, -0.2) is 65.1 Å². The molecule has 7 rings (SSSR count). The van der Waals surface area contributed by atoms with E-state index < -0.39 is 23.2 Å². The molecule has 2 N–H and O–H groups in total. The third-order valence-electron chi connectivity index (χ3n) is 9.15. The first-order valence-electron chi connectivity index (χ1n) is 12.0. The molecule has 0 aromatic heterocycles. The van der Waals surface area contributed by atoms with E-state index in [0.717, 1.165) is 29.9 Å². The maximum atomic E-state index is 13.5. The second-order valence-electron chi connectivity index (χ2n) is 10.1. The molecule has 2 aromatic rings. The zero-order chi connectivity index (χ0) is 24.3. The molecule has 5 aliphatic rings. The van der Waals surface area contributed by atoms with Gasteiger partial charge in [0.25, 0.3) is 0 Å². The van der Waals surface area contributed by atoms with Crippen molar-refractivity contribution in [2.45, 2.75) is 43.0 Å². The van der Waals surface area contributed by atoms with Crippen molar-refractivity contribution in [2.75, 3.05) is 25.1 Å². The van der Waals surface area contributed by atoms with Gasteiger partial charge in [0.15, 0.2) is 11.5 Å². The van der Waals surface area contributed by atoms with E-state index in [2.05, 4.69) is 21.9 Å². The number of benzene rings is 2. The van der Waals surface area contributed by atoms with Crippen LogP contribution < -0.4 is 9.64 Å². The van der Waals surface area contributed by atoms with Crippen molar-refractivity contribution in [2.24, 2.45) is 5.92 Å². The fourth-order valence-electron chi connectivity index (χ4n) is 7.92. The molecule has 5 aliphatic heterocycles. The Bertz CT molecular complexity index is 1350. The monoisotopic (exact) mass is 474 g/mol. The predicted molar refractivity (Wildman–Crippen MR) is 126 cm³/mol. The molecule has 8 nitrogen and oxygen atoms in total. The molecule has 180 valence electrons. The second kappa shape index (κ2) is 6.57. The lowest BCUT2D eigenvalue weighted by atomic mass is 9.58. The van der Waals surface area contributed by atoms with Gasteiger partial charge in [0, 0.05) is 30.3 Å². The van der Waals surface area contributed by atoms with Crippen LogP contribution in [0.4, 0.5) is 5.69 Å². The third kappa shape index (κ3) is 2.10. The number of fused-ring (bicyclic) bond motifs is 4. The van der Waals surface area contributed by atoms with Crippen molar-refractivity contribution >= 4 is 17.6 Å². The van der Waals surface area contributed by atoms with Crippen molar-refractivity contribution in [3.8, 4) is 11.5 Å². The molecule has 35 heavy (non-hydrogen) atoms. The molecule has 3 fully saturated rings.